The predicted molar refractivity (Wildman–Crippen MR) is 180 cm³/mol. The van der Waals surface area contributed by atoms with E-state index >= 15 is 0 Å². The van der Waals surface area contributed by atoms with Crippen LogP contribution in [0.25, 0.3) is 5.57 Å². The lowest BCUT2D eigenvalue weighted by atomic mass is 9.87. The molecule has 0 bridgehead atoms. The number of hydrogen-bond acceptors (Lipinski definition) is 2. The van der Waals surface area contributed by atoms with E-state index in [-0.39, 0.29) is 0 Å². The van der Waals surface area contributed by atoms with E-state index in [1.54, 1.807) is 0 Å². The highest BCUT2D eigenvalue weighted by atomic mass is 15.4. The van der Waals surface area contributed by atoms with Gasteiger partial charge in [0.2, 0.25) is 0 Å². The summed E-state index contributed by atoms with van der Waals surface area (Å²) >= 11 is 0. The van der Waals surface area contributed by atoms with Crippen LogP contribution in [0.15, 0.2) is 146 Å². The van der Waals surface area contributed by atoms with Crippen molar-refractivity contribution in [1.82, 2.24) is 0 Å². The molecule has 6 rings (SSSR count). The van der Waals surface area contributed by atoms with Crippen LogP contribution in [0, 0.1) is 27.7 Å². The SMILES string of the molecule is Cc1ccc(N(c2ccccc2)C2(N(c3ccccc3)c3ccc(C)cc3C)C=CC(c3ccccc3)=CC2)c(C)c1. The van der Waals surface area contributed by atoms with E-state index < -0.39 is 5.66 Å². The van der Waals surface area contributed by atoms with Crippen molar-refractivity contribution in [3.05, 3.63) is 173 Å². The van der Waals surface area contributed by atoms with Crippen molar-refractivity contribution in [2.45, 2.75) is 39.8 Å². The second kappa shape index (κ2) is 11.6. The number of allylic oxidation sites excluding steroid dienone is 2. The largest absolute Gasteiger partial charge is 0.314 e. The second-order valence-electron chi connectivity index (χ2n) is 11.4. The van der Waals surface area contributed by atoms with Gasteiger partial charge in [0.15, 0.2) is 0 Å². The first-order valence-corrected chi connectivity index (χ1v) is 14.8. The van der Waals surface area contributed by atoms with E-state index in [0.29, 0.717) is 0 Å². The number of rotatable bonds is 7. The van der Waals surface area contributed by atoms with Crippen molar-refractivity contribution < 1.29 is 0 Å². The summed E-state index contributed by atoms with van der Waals surface area (Å²) in [5.74, 6) is 0. The molecule has 0 fully saturated rings. The van der Waals surface area contributed by atoms with Crippen molar-refractivity contribution >= 4 is 28.3 Å². The third-order valence-electron chi connectivity index (χ3n) is 8.25. The third kappa shape index (κ3) is 5.17. The summed E-state index contributed by atoms with van der Waals surface area (Å²) in [7, 11) is 0. The summed E-state index contributed by atoms with van der Waals surface area (Å²) < 4.78 is 0. The molecule has 5 aromatic carbocycles. The molecule has 0 atom stereocenters. The summed E-state index contributed by atoms with van der Waals surface area (Å²) in [5, 5.41) is 0. The Balaban J connectivity index is 1.66. The van der Waals surface area contributed by atoms with Gasteiger partial charge in [-0.1, -0.05) is 114 Å². The Hall–Kier alpha value is -4.82. The summed E-state index contributed by atoms with van der Waals surface area (Å²) in [6, 6.07) is 46.0. The van der Waals surface area contributed by atoms with Gasteiger partial charge in [0.25, 0.3) is 0 Å². The number of aryl methyl sites for hydroxylation is 4. The fourth-order valence-electron chi connectivity index (χ4n) is 6.30. The minimum atomic E-state index is -0.582. The van der Waals surface area contributed by atoms with E-state index in [2.05, 4.69) is 183 Å². The molecule has 2 heteroatoms. The van der Waals surface area contributed by atoms with Crippen LogP contribution in [0.3, 0.4) is 0 Å². The predicted octanol–water partition coefficient (Wildman–Crippen LogP) is 10.6. The van der Waals surface area contributed by atoms with Crippen LogP contribution >= 0.6 is 0 Å². The topological polar surface area (TPSA) is 6.48 Å². The summed E-state index contributed by atoms with van der Waals surface area (Å²) in [4.78, 5) is 5.09. The molecule has 0 aromatic heterocycles. The monoisotopic (exact) mass is 546 g/mol. The van der Waals surface area contributed by atoms with Gasteiger partial charge in [0.05, 0.1) is 0 Å². The quantitative estimate of drug-likeness (QED) is 0.187. The molecular formula is C40H38N2. The van der Waals surface area contributed by atoms with Gasteiger partial charge in [-0.15, -0.1) is 0 Å². The zero-order chi connectivity index (χ0) is 29.1. The van der Waals surface area contributed by atoms with Crippen LogP contribution in [0.5, 0.6) is 0 Å². The van der Waals surface area contributed by atoms with Gasteiger partial charge in [-0.3, -0.25) is 0 Å². The molecule has 208 valence electrons. The zero-order valence-corrected chi connectivity index (χ0v) is 25.0. The van der Waals surface area contributed by atoms with E-state index in [4.69, 9.17) is 0 Å². The molecule has 0 unspecified atom stereocenters. The Labute approximate surface area is 250 Å². The fraction of sp³-hybridized carbons (Fsp3) is 0.150. The van der Waals surface area contributed by atoms with Gasteiger partial charge < -0.3 is 9.80 Å². The molecule has 5 aromatic rings. The standard InChI is InChI=1S/C40H38N2/c1-30-20-22-38(32(3)28-30)41(36-16-10-6-11-17-36)40(26-24-35(25-27-40)34-14-8-5-9-15-34)42(37-18-12-7-13-19-37)39-23-21-31(2)29-33(39)4/h5-26,28-29H,27H2,1-4H3. The van der Waals surface area contributed by atoms with Crippen LogP contribution in [-0.4, -0.2) is 5.66 Å². The highest BCUT2D eigenvalue weighted by molar-refractivity contribution is 5.83. The van der Waals surface area contributed by atoms with Crippen molar-refractivity contribution in [2.24, 2.45) is 0 Å². The third-order valence-corrected chi connectivity index (χ3v) is 8.25. The van der Waals surface area contributed by atoms with Crippen LogP contribution in [0.4, 0.5) is 22.7 Å². The van der Waals surface area contributed by atoms with Crippen molar-refractivity contribution in [3.63, 3.8) is 0 Å². The average Bonchev–Trinajstić information content (AvgIpc) is 3.01. The molecule has 0 radical (unpaired) electrons. The molecule has 2 nitrogen and oxygen atoms in total. The first-order chi connectivity index (χ1) is 20.5. The van der Waals surface area contributed by atoms with Crippen LogP contribution in [0.2, 0.25) is 0 Å². The van der Waals surface area contributed by atoms with Gasteiger partial charge >= 0.3 is 0 Å². The van der Waals surface area contributed by atoms with E-state index in [1.165, 1.54) is 44.8 Å². The van der Waals surface area contributed by atoms with E-state index in [9.17, 15) is 0 Å². The van der Waals surface area contributed by atoms with Crippen molar-refractivity contribution in [1.29, 1.82) is 0 Å². The number of hydrogen-bond donors (Lipinski definition) is 0. The lowest BCUT2D eigenvalue weighted by Gasteiger charge is -2.53. The Morgan fingerprint density at radius 3 is 1.38 bits per heavy atom. The van der Waals surface area contributed by atoms with Gasteiger partial charge in [0, 0.05) is 29.2 Å². The highest BCUT2D eigenvalue weighted by Crippen LogP contribution is 2.48. The molecule has 0 saturated carbocycles. The number of anilines is 4. The second-order valence-corrected chi connectivity index (χ2v) is 11.4. The van der Waals surface area contributed by atoms with Gasteiger partial charge in [-0.25, -0.2) is 0 Å². The molecule has 0 amide bonds. The molecule has 0 N–H and O–H groups in total. The maximum Gasteiger partial charge on any atom is 0.145 e. The molecule has 0 spiro atoms. The number of para-hydroxylation sites is 2. The molecule has 0 aliphatic heterocycles. The number of benzene rings is 5. The minimum absolute atomic E-state index is 0.582. The maximum absolute atomic E-state index is 2.54. The first-order valence-electron chi connectivity index (χ1n) is 14.8. The highest BCUT2D eigenvalue weighted by Gasteiger charge is 2.44. The lowest BCUT2D eigenvalue weighted by Crippen LogP contribution is -2.57. The molecule has 1 aliphatic rings. The van der Waals surface area contributed by atoms with E-state index in [1.807, 2.05) is 0 Å². The van der Waals surface area contributed by atoms with E-state index in [0.717, 1.165) is 17.8 Å². The lowest BCUT2D eigenvalue weighted by molar-refractivity contribution is 0.524. The molecule has 42 heavy (non-hydrogen) atoms. The maximum atomic E-state index is 2.54. The Morgan fingerprint density at radius 2 is 0.976 bits per heavy atom. The van der Waals surface area contributed by atoms with Crippen molar-refractivity contribution in [2.75, 3.05) is 9.80 Å². The van der Waals surface area contributed by atoms with Gasteiger partial charge in [0.1, 0.15) is 5.66 Å². The summed E-state index contributed by atoms with van der Waals surface area (Å²) in [6.45, 7) is 8.79. The van der Waals surface area contributed by atoms with Crippen LogP contribution in [0.1, 0.15) is 34.2 Å². The van der Waals surface area contributed by atoms with Crippen molar-refractivity contribution in [3.8, 4) is 0 Å². The Kier molecular flexibility index (Phi) is 7.54. The molecule has 0 saturated heterocycles. The van der Waals surface area contributed by atoms with Gasteiger partial charge in [-0.05, 0) is 92.4 Å². The fourth-order valence-corrected chi connectivity index (χ4v) is 6.30. The average molecular weight is 547 g/mol. The smallest absolute Gasteiger partial charge is 0.145 e. The normalized spacial score (nSPS) is 13.9. The summed E-state index contributed by atoms with van der Waals surface area (Å²) in [6.07, 6.45) is 7.93. The zero-order valence-electron chi connectivity index (χ0n) is 25.0. The first kappa shape index (κ1) is 27.4. The Morgan fingerprint density at radius 1 is 0.524 bits per heavy atom. The molecule has 1 aliphatic carbocycles. The molecule has 0 heterocycles. The number of nitrogens with zero attached hydrogens (tertiary/aromatic N) is 2. The van der Waals surface area contributed by atoms with Crippen LogP contribution < -0.4 is 9.80 Å². The van der Waals surface area contributed by atoms with Crippen LogP contribution in [-0.2, 0) is 0 Å². The van der Waals surface area contributed by atoms with Gasteiger partial charge in [-0.2, -0.15) is 0 Å². The Bertz CT molecular complexity index is 1640. The molecular weight excluding hydrogens is 508 g/mol. The summed E-state index contributed by atoms with van der Waals surface area (Å²) in [5.41, 5.74) is 11.6. The minimum Gasteiger partial charge on any atom is -0.314 e.